The van der Waals surface area contributed by atoms with Crippen LogP contribution in [0.2, 0.25) is 5.02 Å². The molecule has 0 radical (unpaired) electrons. The summed E-state index contributed by atoms with van der Waals surface area (Å²) in [6.45, 7) is 0.849. The molecule has 0 atom stereocenters. The van der Waals surface area contributed by atoms with Crippen LogP contribution in [0.4, 0.5) is 5.69 Å². The molecule has 0 bridgehead atoms. The maximum absolute atomic E-state index is 6.28. The van der Waals surface area contributed by atoms with Crippen molar-refractivity contribution in [3.63, 3.8) is 0 Å². The zero-order valence-corrected chi connectivity index (χ0v) is 14.6. The molecule has 0 aliphatic heterocycles. The van der Waals surface area contributed by atoms with Crippen molar-refractivity contribution in [1.29, 1.82) is 0 Å². The van der Waals surface area contributed by atoms with Crippen LogP contribution in [0, 0.1) is 0 Å². The molecule has 2 aromatic rings. The van der Waals surface area contributed by atoms with E-state index in [0.717, 1.165) is 23.1 Å². The number of thiocarbonyl (C=S) groups is 1. The summed E-state index contributed by atoms with van der Waals surface area (Å²) >= 11 is 13.6. The van der Waals surface area contributed by atoms with Crippen molar-refractivity contribution in [3.8, 4) is 5.75 Å². The van der Waals surface area contributed by atoms with Crippen molar-refractivity contribution < 1.29 is 4.74 Å². The van der Waals surface area contributed by atoms with E-state index in [1.807, 2.05) is 12.1 Å². The van der Waals surface area contributed by atoms with Crippen molar-refractivity contribution in [3.05, 3.63) is 45.6 Å². The van der Waals surface area contributed by atoms with Crippen LogP contribution in [-0.4, -0.2) is 23.2 Å². The molecule has 3 nitrogen and oxygen atoms in total. The summed E-state index contributed by atoms with van der Waals surface area (Å²) in [5, 5.41) is 6.69. The molecule has 1 N–H and O–H groups in total. The highest BCUT2D eigenvalue weighted by Crippen LogP contribution is 2.31. The van der Waals surface area contributed by atoms with Gasteiger partial charge in [0.25, 0.3) is 0 Å². The number of hydrogen-bond acceptors (Lipinski definition) is 3. The molecule has 1 saturated carbocycles. The number of ether oxygens (including phenoxy) is 1. The standard InChI is InChI=1S/C16H17ClN2OS2/c1-20-12-6-7-15(14(17)9-12)18-16(21)19(11-4-5-11)10-13-3-2-8-22-13/h2-3,6-9,11H,4-5,10H2,1H3,(H,18,21). The molecule has 116 valence electrons. The molecule has 1 aromatic heterocycles. The van der Waals surface area contributed by atoms with Gasteiger partial charge in [0.05, 0.1) is 24.4 Å². The molecule has 1 aliphatic rings. The molecule has 0 unspecified atom stereocenters. The van der Waals surface area contributed by atoms with Gasteiger partial charge in [0.15, 0.2) is 5.11 Å². The van der Waals surface area contributed by atoms with Crippen LogP contribution >= 0.6 is 35.2 Å². The van der Waals surface area contributed by atoms with Gasteiger partial charge in [-0.2, -0.15) is 0 Å². The van der Waals surface area contributed by atoms with Crippen LogP contribution in [0.15, 0.2) is 35.7 Å². The zero-order chi connectivity index (χ0) is 15.5. The molecule has 1 fully saturated rings. The molecule has 6 heteroatoms. The van der Waals surface area contributed by atoms with Crippen molar-refractivity contribution in [2.24, 2.45) is 0 Å². The lowest BCUT2D eigenvalue weighted by molar-refractivity contribution is 0.412. The molecular weight excluding hydrogens is 336 g/mol. The largest absolute Gasteiger partial charge is 0.497 e. The topological polar surface area (TPSA) is 24.5 Å². The van der Waals surface area contributed by atoms with Crippen molar-refractivity contribution in [1.82, 2.24) is 4.90 Å². The van der Waals surface area contributed by atoms with Gasteiger partial charge in [-0.15, -0.1) is 11.3 Å². The van der Waals surface area contributed by atoms with Gasteiger partial charge in [-0.3, -0.25) is 0 Å². The Hall–Kier alpha value is -1.30. The third kappa shape index (κ3) is 3.72. The van der Waals surface area contributed by atoms with Crippen LogP contribution in [0.5, 0.6) is 5.75 Å². The van der Waals surface area contributed by atoms with Crippen molar-refractivity contribution in [2.75, 3.05) is 12.4 Å². The van der Waals surface area contributed by atoms with Gasteiger partial charge in [-0.25, -0.2) is 0 Å². The molecule has 0 amide bonds. The Morgan fingerprint density at radius 1 is 1.45 bits per heavy atom. The summed E-state index contributed by atoms with van der Waals surface area (Å²) in [6.07, 6.45) is 2.40. The van der Waals surface area contributed by atoms with Crippen molar-refractivity contribution in [2.45, 2.75) is 25.4 Å². The Labute approximate surface area is 144 Å². The van der Waals surface area contributed by atoms with Gasteiger partial charge < -0.3 is 15.0 Å². The van der Waals surface area contributed by atoms with E-state index in [-0.39, 0.29) is 0 Å². The van der Waals surface area contributed by atoms with E-state index in [0.29, 0.717) is 11.1 Å². The highest BCUT2D eigenvalue weighted by molar-refractivity contribution is 7.80. The zero-order valence-electron chi connectivity index (χ0n) is 12.2. The normalized spacial score (nSPS) is 13.7. The second kappa shape index (κ2) is 6.86. The fourth-order valence-electron chi connectivity index (χ4n) is 2.23. The number of hydrogen-bond donors (Lipinski definition) is 1. The summed E-state index contributed by atoms with van der Waals surface area (Å²) in [7, 11) is 1.62. The summed E-state index contributed by atoms with van der Waals surface area (Å²) in [5.74, 6) is 0.735. The third-order valence-corrected chi connectivity index (χ3v) is 5.08. The van der Waals surface area contributed by atoms with E-state index in [1.54, 1.807) is 24.5 Å². The lowest BCUT2D eigenvalue weighted by Gasteiger charge is -2.25. The summed E-state index contributed by atoms with van der Waals surface area (Å²) in [4.78, 5) is 3.57. The molecule has 1 heterocycles. The van der Waals surface area contributed by atoms with E-state index >= 15 is 0 Å². The second-order valence-electron chi connectivity index (χ2n) is 5.21. The SMILES string of the molecule is COc1ccc(NC(=S)N(Cc2cccs2)C2CC2)c(Cl)c1. The van der Waals surface area contributed by atoms with Crippen LogP contribution < -0.4 is 10.1 Å². The first-order valence-corrected chi connectivity index (χ1v) is 8.77. The maximum Gasteiger partial charge on any atom is 0.174 e. The van der Waals surface area contributed by atoms with Gasteiger partial charge in [0.2, 0.25) is 0 Å². The number of nitrogens with one attached hydrogen (secondary N) is 1. The van der Waals surface area contributed by atoms with Gasteiger partial charge in [0, 0.05) is 17.0 Å². The molecule has 0 saturated heterocycles. The fourth-order valence-corrected chi connectivity index (χ4v) is 3.48. The summed E-state index contributed by atoms with van der Waals surface area (Å²) in [5.41, 5.74) is 0.810. The number of benzene rings is 1. The van der Waals surface area contributed by atoms with E-state index in [4.69, 9.17) is 28.6 Å². The average molecular weight is 353 g/mol. The van der Waals surface area contributed by atoms with E-state index in [9.17, 15) is 0 Å². The molecule has 0 spiro atoms. The number of nitrogens with zero attached hydrogens (tertiary/aromatic N) is 1. The van der Waals surface area contributed by atoms with Gasteiger partial charge in [0.1, 0.15) is 5.75 Å². The lowest BCUT2D eigenvalue weighted by Crippen LogP contribution is -2.35. The highest BCUT2D eigenvalue weighted by atomic mass is 35.5. The highest BCUT2D eigenvalue weighted by Gasteiger charge is 2.31. The first-order chi connectivity index (χ1) is 10.7. The molecule has 22 heavy (non-hydrogen) atoms. The Bertz CT molecular complexity index is 656. The third-order valence-electron chi connectivity index (χ3n) is 3.57. The molecule has 1 aliphatic carbocycles. The van der Waals surface area contributed by atoms with Crippen LogP contribution in [0.25, 0.3) is 0 Å². The molecular formula is C16H17ClN2OS2. The van der Waals surface area contributed by atoms with E-state index in [1.165, 1.54) is 17.7 Å². The number of anilines is 1. The fraction of sp³-hybridized carbons (Fsp3) is 0.312. The Morgan fingerprint density at radius 3 is 2.86 bits per heavy atom. The number of rotatable bonds is 5. The van der Waals surface area contributed by atoms with Crippen LogP contribution in [0.1, 0.15) is 17.7 Å². The van der Waals surface area contributed by atoms with Gasteiger partial charge in [-0.05, 0) is 48.6 Å². The summed E-state index contributed by atoms with van der Waals surface area (Å²) < 4.78 is 5.17. The minimum absolute atomic E-state index is 0.541. The lowest BCUT2D eigenvalue weighted by atomic mass is 10.3. The summed E-state index contributed by atoms with van der Waals surface area (Å²) in [6, 6.07) is 10.3. The second-order valence-corrected chi connectivity index (χ2v) is 7.04. The van der Waals surface area contributed by atoms with Crippen LogP contribution in [-0.2, 0) is 6.54 Å². The van der Waals surface area contributed by atoms with Crippen LogP contribution in [0.3, 0.4) is 0 Å². The number of thiophene rings is 1. The predicted octanol–water partition coefficient (Wildman–Crippen LogP) is 4.77. The molecule has 3 rings (SSSR count). The minimum Gasteiger partial charge on any atom is -0.497 e. The maximum atomic E-state index is 6.28. The van der Waals surface area contributed by atoms with E-state index in [2.05, 4.69) is 27.7 Å². The predicted molar refractivity (Wildman–Crippen MR) is 97.1 cm³/mol. The smallest absolute Gasteiger partial charge is 0.174 e. The first kappa shape index (κ1) is 15.6. The van der Waals surface area contributed by atoms with Crippen molar-refractivity contribution >= 4 is 46.0 Å². The number of halogens is 1. The monoisotopic (exact) mass is 352 g/mol. The Balaban J connectivity index is 1.71. The quantitative estimate of drug-likeness (QED) is 0.783. The van der Waals surface area contributed by atoms with E-state index < -0.39 is 0 Å². The van der Waals surface area contributed by atoms with Gasteiger partial charge >= 0.3 is 0 Å². The average Bonchev–Trinajstić information content (AvgIpc) is 3.22. The Morgan fingerprint density at radius 2 is 2.27 bits per heavy atom. The first-order valence-electron chi connectivity index (χ1n) is 7.11. The minimum atomic E-state index is 0.541. The Kier molecular flexibility index (Phi) is 4.86. The molecule has 1 aromatic carbocycles. The van der Waals surface area contributed by atoms with Gasteiger partial charge in [-0.1, -0.05) is 17.7 Å². The number of methoxy groups -OCH3 is 1.